The molecule has 0 atom stereocenters. The van der Waals surface area contributed by atoms with Crippen LogP contribution in [0.3, 0.4) is 0 Å². The maximum Gasteiger partial charge on any atom is 0.254 e. The summed E-state index contributed by atoms with van der Waals surface area (Å²) in [6.45, 7) is 2.63. The molecule has 0 radical (unpaired) electrons. The topological polar surface area (TPSA) is 76.2 Å². The van der Waals surface area contributed by atoms with E-state index in [-0.39, 0.29) is 5.91 Å². The Bertz CT molecular complexity index is 563. The summed E-state index contributed by atoms with van der Waals surface area (Å²) in [5.74, 6) is 1.36. The molecule has 6 nitrogen and oxygen atoms in total. The SMILES string of the molecule is COc1ccc(OCCNC(=O)c2cn[nH]c2C)cc1. The van der Waals surface area contributed by atoms with Gasteiger partial charge in [-0.25, -0.2) is 0 Å². The second kappa shape index (κ2) is 6.60. The normalized spacial score (nSPS) is 10.1. The highest BCUT2D eigenvalue weighted by Crippen LogP contribution is 2.16. The first-order chi connectivity index (χ1) is 9.70. The first-order valence-corrected chi connectivity index (χ1v) is 6.25. The van der Waals surface area contributed by atoms with Crippen molar-refractivity contribution in [1.29, 1.82) is 0 Å². The van der Waals surface area contributed by atoms with E-state index < -0.39 is 0 Å². The molecule has 0 spiro atoms. The van der Waals surface area contributed by atoms with Gasteiger partial charge in [-0.15, -0.1) is 0 Å². The van der Waals surface area contributed by atoms with Crippen molar-refractivity contribution in [2.24, 2.45) is 0 Å². The van der Waals surface area contributed by atoms with Crippen LogP contribution in [0.5, 0.6) is 11.5 Å². The number of amides is 1. The standard InChI is InChI=1S/C14H17N3O3/c1-10-13(9-16-17-10)14(18)15-7-8-20-12-5-3-11(19-2)4-6-12/h3-6,9H,7-8H2,1-2H3,(H,15,18)(H,16,17). The number of aromatic amines is 1. The van der Waals surface area contributed by atoms with Crippen molar-refractivity contribution in [3.63, 3.8) is 0 Å². The Kier molecular flexibility index (Phi) is 4.60. The molecule has 1 aromatic heterocycles. The van der Waals surface area contributed by atoms with Gasteiger partial charge in [0.25, 0.3) is 5.91 Å². The number of aromatic nitrogens is 2. The molecule has 0 saturated heterocycles. The second-order valence-corrected chi connectivity index (χ2v) is 4.19. The van der Waals surface area contributed by atoms with Gasteiger partial charge in [-0.1, -0.05) is 0 Å². The average Bonchev–Trinajstić information content (AvgIpc) is 2.90. The van der Waals surface area contributed by atoms with Crippen molar-refractivity contribution in [2.45, 2.75) is 6.92 Å². The number of nitrogens with zero attached hydrogens (tertiary/aromatic N) is 1. The Balaban J connectivity index is 1.73. The molecule has 0 fully saturated rings. The van der Waals surface area contributed by atoms with Crippen molar-refractivity contribution in [2.75, 3.05) is 20.3 Å². The minimum absolute atomic E-state index is 0.158. The van der Waals surface area contributed by atoms with Crippen LogP contribution in [-0.4, -0.2) is 36.4 Å². The molecule has 1 aromatic carbocycles. The Morgan fingerprint density at radius 3 is 2.60 bits per heavy atom. The Morgan fingerprint density at radius 1 is 1.30 bits per heavy atom. The van der Waals surface area contributed by atoms with E-state index in [2.05, 4.69) is 15.5 Å². The van der Waals surface area contributed by atoms with Crippen molar-refractivity contribution in [3.05, 3.63) is 41.7 Å². The molecule has 1 heterocycles. The molecule has 0 aliphatic heterocycles. The number of aryl methyl sites for hydroxylation is 1. The molecule has 0 unspecified atom stereocenters. The minimum atomic E-state index is -0.158. The molecule has 0 saturated carbocycles. The largest absolute Gasteiger partial charge is 0.497 e. The Morgan fingerprint density at radius 2 is 2.00 bits per heavy atom. The summed E-state index contributed by atoms with van der Waals surface area (Å²) in [5.41, 5.74) is 1.30. The third kappa shape index (κ3) is 3.50. The lowest BCUT2D eigenvalue weighted by Crippen LogP contribution is -2.28. The maximum atomic E-state index is 11.8. The molecule has 2 N–H and O–H groups in total. The maximum absolute atomic E-state index is 11.8. The van der Waals surface area contributed by atoms with Crippen molar-refractivity contribution in [3.8, 4) is 11.5 Å². The summed E-state index contributed by atoms with van der Waals surface area (Å²) in [6.07, 6.45) is 1.51. The molecule has 1 amide bonds. The molecule has 106 valence electrons. The highest BCUT2D eigenvalue weighted by Gasteiger charge is 2.09. The minimum Gasteiger partial charge on any atom is -0.497 e. The smallest absolute Gasteiger partial charge is 0.254 e. The molecule has 6 heteroatoms. The van der Waals surface area contributed by atoms with Crippen LogP contribution in [0.2, 0.25) is 0 Å². The van der Waals surface area contributed by atoms with Gasteiger partial charge in [0.2, 0.25) is 0 Å². The third-order valence-electron chi connectivity index (χ3n) is 2.79. The molecule has 0 aliphatic rings. The third-order valence-corrected chi connectivity index (χ3v) is 2.79. The molecular formula is C14H17N3O3. The van der Waals surface area contributed by atoms with Crippen LogP contribution in [0.25, 0.3) is 0 Å². The van der Waals surface area contributed by atoms with Gasteiger partial charge in [0.1, 0.15) is 18.1 Å². The van der Waals surface area contributed by atoms with Crippen LogP contribution >= 0.6 is 0 Å². The Hall–Kier alpha value is -2.50. The van der Waals surface area contributed by atoms with E-state index >= 15 is 0 Å². The molecular weight excluding hydrogens is 258 g/mol. The van der Waals surface area contributed by atoms with E-state index in [9.17, 15) is 4.79 Å². The number of carbonyl (C=O) groups excluding carboxylic acids is 1. The van der Waals surface area contributed by atoms with Gasteiger partial charge in [-0.3, -0.25) is 9.89 Å². The summed E-state index contributed by atoms with van der Waals surface area (Å²) in [5, 5.41) is 9.30. The molecule has 0 bridgehead atoms. The van der Waals surface area contributed by atoms with Crippen LogP contribution < -0.4 is 14.8 Å². The highest BCUT2D eigenvalue weighted by molar-refractivity contribution is 5.94. The van der Waals surface area contributed by atoms with E-state index in [0.29, 0.717) is 18.7 Å². The summed E-state index contributed by atoms with van der Waals surface area (Å²) in [6, 6.07) is 7.28. The number of carbonyl (C=O) groups is 1. The highest BCUT2D eigenvalue weighted by atomic mass is 16.5. The predicted molar refractivity (Wildman–Crippen MR) is 74.1 cm³/mol. The van der Waals surface area contributed by atoms with Crippen molar-refractivity contribution >= 4 is 5.91 Å². The number of nitrogens with one attached hydrogen (secondary N) is 2. The van der Waals surface area contributed by atoms with Gasteiger partial charge in [0, 0.05) is 5.69 Å². The monoisotopic (exact) mass is 275 g/mol. The lowest BCUT2D eigenvalue weighted by molar-refractivity contribution is 0.0946. The van der Waals surface area contributed by atoms with Crippen LogP contribution in [0.1, 0.15) is 16.1 Å². The molecule has 20 heavy (non-hydrogen) atoms. The number of hydrogen-bond acceptors (Lipinski definition) is 4. The first-order valence-electron chi connectivity index (χ1n) is 6.25. The van der Waals surface area contributed by atoms with E-state index in [4.69, 9.17) is 9.47 Å². The van der Waals surface area contributed by atoms with E-state index in [1.807, 2.05) is 24.3 Å². The van der Waals surface area contributed by atoms with Crippen LogP contribution in [0, 0.1) is 6.92 Å². The fourth-order valence-electron chi connectivity index (χ4n) is 1.68. The quantitative estimate of drug-likeness (QED) is 0.784. The van der Waals surface area contributed by atoms with Gasteiger partial charge >= 0.3 is 0 Å². The van der Waals surface area contributed by atoms with Gasteiger partial charge in [0.15, 0.2) is 0 Å². The summed E-state index contributed by atoms with van der Waals surface area (Å²) in [4.78, 5) is 11.8. The summed E-state index contributed by atoms with van der Waals surface area (Å²) >= 11 is 0. The van der Waals surface area contributed by atoms with Gasteiger partial charge in [0.05, 0.1) is 25.4 Å². The average molecular weight is 275 g/mol. The van der Waals surface area contributed by atoms with Gasteiger partial charge in [-0.2, -0.15) is 5.10 Å². The van der Waals surface area contributed by atoms with E-state index in [0.717, 1.165) is 17.2 Å². The zero-order chi connectivity index (χ0) is 14.4. The number of benzene rings is 1. The Labute approximate surface area is 117 Å². The van der Waals surface area contributed by atoms with Crippen molar-refractivity contribution in [1.82, 2.24) is 15.5 Å². The molecule has 2 aromatic rings. The number of rotatable bonds is 6. The van der Waals surface area contributed by atoms with Crippen molar-refractivity contribution < 1.29 is 14.3 Å². The number of ether oxygens (including phenoxy) is 2. The fraction of sp³-hybridized carbons (Fsp3) is 0.286. The fourth-order valence-corrected chi connectivity index (χ4v) is 1.68. The molecule has 0 aliphatic carbocycles. The lowest BCUT2D eigenvalue weighted by Gasteiger charge is -2.08. The summed E-state index contributed by atoms with van der Waals surface area (Å²) in [7, 11) is 1.61. The first kappa shape index (κ1) is 13.9. The lowest BCUT2D eigenvalue weighted by atomic mass is 10.2. The number of methoxy groups -OCH3 is 1. The van der Waals surface area contributed by atoms with Crippen LogP contribution in [0.15, 0.2) is 30.5 Å². The zero-order valence-corrected chi connectivity index (χ0v) is 11.5. The van der Waals surface area contributed by atoms with Gasteiger partial charge in [-0.05, 0) is 31.2 Å². The van der Waals surface area contributed by atoms with Crippen LogP contribution in [-0.2, 0) is 0 Å². The predicted octanol–water partition coefficient (Wildman–Crippen LogP) is 1.54. The van der Waals surface area contributed by atoms with E-state index in [1.54, 1.807) is 14.0 Å². The zero-order valence-electron chi connectivity index (χ0n) is 11.5. The second-order valence-electron chi connectivity index (χ2n) is 4.19. The van der Waals surface area contributed by atoms with Crippen LogP contribution in [0.4, 0.5) is 0 Å². The van der Waals surface area contributed by atoms with E-state index in [1.165, 1.54) is 6.20 Å². The number of hydrogen-bond donors (Lipinski definition) is 2. The molecule has 2 rings (SSSR count). The van der Waals surface area contributed by atoms with Gasteiger partial charge < -0.3 is 14.8 Å². The summed E-state index contributed by atoms with van der Waals surface area (Å²) < 4.78 is 10.6. The number of H-pyrrole nitrogens is 1.